The molecule has 2 unspecified atom stereocenters. The third-order valence-corrected chi connectivity index (χ3v) is 6.52. The van der Waals surface area contributed by atoms with Crippen LogP contribution in [0.15, 0.2) is 60.7 Å². The van der Waals surface area contributed by atoms with Crippen LogP contribution in [-0.2, 0) is 20.7 Å². The van der Waals surface area contributed by atoms with Gasteiger partial charge in [0.2, 0.25) is 11.8 Å². The van der Waals surface area contributed by atoms with E-state index in [1.165, 1.54) is 4.90 Å². The summed E-state index contributed by atoms with van der Waals surface area (Å²) in [4.78, 5) is 42.0. The maximum absolute atomic E-state index is 14.1. The van der Waals surface area contributed by atoms with E-state index in [1.807, 2.05) is 48.5 Å². The van der Waals surface area contributed by atoms with Crippen molar-refractivity contribution in [3.63, 3.8) is 0 Å². The van der Waals surface area contributed by atoms with E-state index in [4.69, 9.17) is 4.74 Å². The van der Waals surface area contributed by atoms with E-state index < -0.39 is 29.7 Å². The van der Waals surface area contributed by atoms with Crippen LogP contribution in [0, 0.1) is 0 Å². The maximum atomic E-state index is 14.1. The maximum Gasteiger partial charge on any atom is 0.408 e. The Morgan fingerprint density at radius 3 is 2.16 bits per heavy atom. The van der Waals surface area contributed by atoms with Gasteiger partial charge >= 0.3 is 6.09 Å². The highest BCUT2D eigenvalue weighted by Gasteiger charge is 2.37. The van der Waals surface area contributed by atoms with Crippen LogP contribution < -0.4 is 10.6 Å². The first-order chi connectivity index (χ1) is 18.2. The molecule has 8 nitrogen and oxygen atoms in total. The molecule has 0 radical (unpaired) electrons. The van der Waals surface area contributed by atoms with Gasteiger partial charge in [0.15, 0.2) is 0 Å². The van der Waals surface area contributed by atoms with Crippen molar-refractivity contribution in [1.82, 2.24) is 15.5 Å². The summed E-state index contributed by atoms with van der Waals surface area (Å²) < 4.78 is 5.44. The number of nitrogens with zero attached hydrogens (tertiary/aromatic N) is 1. The van der Waals surface area contributed by atoms with Gasteiger partial charge in [0.05, 0.1) is 6.61 Å². The van der Waals surface area contributed by atoms with Gasteiger partial charge in [0, 0.05) is 19.0 Å². The van der Waals surface area contributed by atoms with Crippen molar-refractivity contribution in [3.8, 4) is 0 Å². The Morgan fingerprint density at radius 2 is 1.58 bits per heavy atom. The van der Waals surface area contributed by atoms with Gasteiger partial charge < -0.3 is 25.4 Å². The number of aliphatic hydroxyl groups excluding tert-OH is 1. The van der Waals surface area contributed by atoms with Crippen molar-refractivity contribution in [1.29, 1.82) is 0 Å². The minimum atomic E-state index is -1.01. The number of hydrogen-bond donors (Lipinski definition) is 3. The lowest BCUT2D eigenvalue weighted by molar-refractivity contribution is -0.143. The predicted octanol–water partition coefficient (Wildman–Crippen LogP) is 4.13. The molecule has 0 saturated heterocycles. The Kier molecular flexibility index (Phi) is 10.7. The fourth-order valence-electron chi connectivity index (χ4n) is 4.81. The van der Waals surface area contributed by atoms with Crippen LogP contribution in [-0.4, -0.2) is 58.8 Å². The molecule has 8 heteroatoms. The molecule has 3 N–H and O–H groups in total. The minimum absolute atomic E-state index is 0.0496. The SMILES string of the molecule is CC(C)(C)OC(=O)NC(Cc1ccccc1)C(=O)N(CCO)C(C(=O)NC1CCCCC1)c1ccccc1. The molecule has 0 bridgehead atoms. The number of ether oxygens (including phenoxy) is 1. The summed E-state index contributed by atoms with van der Waals surface area (Å²) in [6, 6.07) is 16.5. The molecule has 0 spiro atoms. The lowest BCUT2D eigenvalue weighted by Crippen LogP contribution is -2.55. The van der Waals surface area contributed by atoms with E-state index in [0.29, 0.717) is 5.56 Å². The molecule has 2 atom stereocenters. The summed E-state index contributed by atoms with van der Waals surface area (Å²) in [5.41, 5.74) is 0.730. The molecule has 1 aliphatic carbocycles. The van der Waals surface area contributed by atoms with E-state index >= 15 is 0 Å². The summed E-state index contributed by atoms with van der Waals surface area (Å²) in [5, 5.41) is 15.8. The standard InChI is InChI=1S/C30H41N3O5/c1-30(2,3)38-29(37)32-25(21-22-13-7-4-8-14-22)28(36)33(19-20-34)26(23-15-9-5-10-16-23)27(35)31-24-17-11-6-12-18-24/h4-5,7-10,13-16,24-26,34H,6,11-12,17-21H2,1-3H3,(H,31,35)(H,32,37). The smallest absolute Gasteiger partial charge is 0.408 e. The van der Waals surface area contributed by atoms with Crippen LogP contribution >= 0.6 is 0 Å². The van der Waals surface area contributed by atoms with Crippen molar-refractivity contribution in [2.45, 2.75) is 83.0 Å². The van der Waals surface area contributed by atoms with Gasteiger partial charge in [0.1, 0.15) is 17.7 Å². The second kappa shape index (κ2) is 14.0. The molecular formula is C30H41N3O5. The van der Waals surface area contributed by atoms with Crippen molar-refractivity contribution in [2.24, 2.45) is 0 Å². The highest BCUT2D eigenvalue weighted by Crippen LogP contribution is 2.25. The van der Waals surface area contributed by atoms with Crippen molar-refractivity contribution < 1.29 is 24.2 Å². The zero-order valence-corrected chi connectivity index (χ0v) is 22.7. The van der Waals surface area contributed by atoms with Gasteiger partial charge in [-0.2, -0.15) is 0 Å². The summed E-state index contributed by atoms with van der Waals surface area (Å²) >= 11 is 0. The molecule has 2 aromatic carbocycles. The Balaban J connectivity index is 1.94. The highest BCUT2D eigenvalue weighted by molar-refractivity contribution is 5.92. The van der Waals surface area contributed by atoms with Gasteiger partial charge in [-0.15, -0.1) is 0 Å². The highest BCUT2D eigenvalue weighted by atomic mass is 16.6. The third-order valence-electron chi connectivity index (χ3n) is 6.52. The normalized spacial score (nSPS) is 15.7. The molecule has 1 saturated carbocycles. The van der Waals surface area contributed by atoms with Crippen LogP contribution in [0.3, 0.4) is 0 Å². The van der Waals surface area contributed by atoms with E-state index in [0.717, 1.165) is 37.7 Å². The summed E-state index contributed by atoms with van der Waals surface area (Å²) in [7, 11) is 0. The molecule has 3 amide bonds. The minimum Gasteiger partial charge on any atom is -0.444 e. The Morgan fingerprint density at radius 1 is 0.974 bits per heavy atom. The zero-order chi connectivity index (χ0) is 27.5. The van der Waals surface area contributed by atoms with Crippen LogP contribution in [0.1, 0.15) is 70.0 Å². The molecule has 0 heterocycles. The number of carbonyl (C=O) groups excluding carboxylic acids is 3. The average molecular weight is 524 g/mol. The lowest BCUT2D eigenvalue weighted by Gasteiger charge is -2.35. The first-order valence-electron chi connectivity index (χ1n) is 13.5. The number of amides is 3. The fraction of sp³-hybridized carbons (Fsp3) is 0.500. The van der Waals surface area contributed by atoms with Crippen LogP contribution in [0.2, 0.25) is 0 Å². The van der Waals surface area contributed by atoms with Gasteiger partial charge in [-0.1, -0.05) is 79.9 Å². The molecule has 0 aliphatic heterocycles. The van der Waals surface area contributed by atoms with Crippen molar-refractivity contribution in [2.75, 3.05) is 13.2 Å². The van der Waals surface area contributed by atoms with Crippen LogP contribution in [0.5, 0.6) is 0 Å². The average Bonchev–Trinajstić information content (AvgIpc) is 2.88. The molecule has 1 aliphatic rings. The summed E-state index contributed by atoms with van der Waals surface area (Å²) in [5.74, 6) is -0.762. The zero-order valence-electron chi connectivity index (χ0n) is 22.7. The van der Waals surface area contributed by atoms with E-state index in [-0.39, 0.29) is 31.5 Å². The quantitative estimate of drug-likeness (QED) is 0.434. The molecular weight excluding hydrogens is 482 g/mol. The number of nitrogens with one attached hydrogen (secondary N) is 2. The number of hydrogen-bond acceptors (Lipinski definition) is 5. The largest absolute Gasteiger partial charge is 0.444 e. The fourth-order valence-corrected chi connectivity index (χ4v) is 4.81. The summed E-state index contributed by atoms with van der Waals surface area (Å²) in [6.07, 6.45) is 4.54. The lowest BCUT2D eigenvalue weighted by atomic mass is 9.94. The van der Waals surface area contributed by atoms with E-state index in [2.05, 4.69) is 10.6 Å². The molecule has 38 heavy (non-hydrogen) atoms. The monoisotopic (exact) mass is 523 g/mol. The Hall–Kier alpha value is -3.39. The first-order valence-corrected chi connectivity index (χ1v) is 13.5. The van der Waals surface area contributed by atoms with E-state index in [9.17, 15) is 19.5 Å². The first kappa shape index (κ1) is 29.2. The molecule has 1 fully saturated rings. The molecule has 0 aromatic heterocycles. The van der Waals surface area contributed by atoms with Gasteiger partial charge in [-0.05, 0) is 44.7 Å². The molecule has 2 aromatic rings. The van der Waals surface area contributed by atoms with Gasteiger partial charge in [0.25, 0.3) is 0 Å². The third kappa shape index (κ3) is 8.87. The second-order valence-electron chi connectivity index (χ2n) is 10.8. The number of carbonyl (C=O) groups is 3. The van der Waals surface area contributed by atoms with Gasteiger partial charge in [-0.25, -0.2) is 4.79 Å². The number of alkyl carbamates (subject to hydrolysis) is 1. The Bertz CT molecular complexity index is 1030. The topological polar surface area (TPSA) is 108 Å². The van der Waals surface area contributed by atoms with Crippen molar-refractivity contribution in [3.05, 3.63) is 71.8 Å². The number of benzene rings is 2. The van der Waals surface area contributed by atoms with Crippen molar-refractivity contribution >= 4 is 17.9 Å². The van der Waals surface area contributed by atoms with Crippen LogP contribution in [0.4, 0.5) is 4.79 Å². The summed E-state index contributed by atoms with van der Waals surface area (Å²) in [6.45, 7) is 4.84. The Labute approximate surface area is 225 Å². The van der Waals surface area contributed by atoms with Crippen LogP contribution in [0.25, 0.3) is 0 Å². The molecule has 3 rings (SSSR count). The molecule has 206 valence electrons. The second-order valence-corrected chi connectivity index (χ2v) is 10.8. The van der Waals surface area contributed by atoms with E-state index in [1.54, 1.807) is 32.9 Å². The van der Waals surface area contributed by atoms with Gasteiger partial charge in [-0.3, -0.25) is 9.59 Å². The number of aliphatic hydroxyl groups is 1. The predicted molar refractivity (Wildman–Crippen MR) is 146 cm³/mol. The number of rotatable bonds is 10.